The van der Waals surface area contributed by atoms with Crippen LogP contribution in [0.15, 0.2) is 73.6 Å². The normalized spacial score (nSPS) is 12.2. The van der Waals surface area contributed by atoms with Gasteiger partial charge < -0.3 is 4.74 Å². The fraction of sp³-hybridized carbons (Fsp3) is 0.375. The lowest BCUT2D eigenvalue weighted by Gasteiger charge is -2.14. The molecule has 2 aromatic heterocycles. The third-order valence-electron chi connectivity index (χ3n) is 6.42. The summed E-state index contributed by atoms with van der Waals surface area (Å²) in [6.07, 6.45) is 9.54. The molecule has 0 aliphatic carbocycles. The average molecular weight is 471 g/mol. The number of aromatic nitrogens is 2. The number of rotatable bonds is 7. The predicted molar refractivity (Wildman–Crippen MR) is 152 cm³/mol. The zero-order valence-corrected chi connectivity index (χ0v) is 22.6. The quantitative estimate of drug-likeness (QED) is 0.199. The van der Waals surface area contributed by atoms with E-state index in [0.29, 0.717) is 5.92 Å². The summed E-state index contributed by atoms with van der Waals surface area (Å²) >= 11 is 0. The predicted octanol–water partition coefficient (Wildman–Crippen LogP) is 9.28. The van der Waals surface area contributed by atoms with Gasteiger partial charge in [-0.1, -0.05) is 75.4 Å². The smallest absolute Gasteiger partial charge is 0.0813 e. The molecule has 0 radical (unpaired) electrons. The van der Waals surface area contributed by atoms with Crippen LogP contribution in [0, 0.1) is 13.8 Å². The highest BCUT2D eigenvalue weighted by atomic mass is 16.5. The molecule has 2 aromatic carbocycles. The third kappa shape index (κ3) is 7.22. The van der Waals surface area contributed by atoms with Crippen molar-refractivity contribution >= 4 is 21.5 Å². The zero-order chi connectivity index (χ0) is 25.8. The van der Waals surface area contributed by atoms with E-state index in [9.17, 15) is 0 Å². The van der Waals surface area contributed by atoms with E-state index >= 15 is 0 Å². The highest BCUT2D eigenvalue weighted by Crippen LogP contribution is 2.29. The molecule has 186 valence electrons. The van der Waals surface area contributed by atoms with Gasteiger partial charge in [-0.3, -0.25) is 9.97 Å². The first kappa shape index (κ1) is 28.2. The molecule has 0 N–H and O–H groups in total. The second kappa shape index (κ2) is 14.4. The minimum Gasteiger partial charge on any atom is -0.377 e. The van der Waals surface area contributed by atoms with Gasteiger partial charge in [-0.2, -0.15) is 0 Å². The first-order chi connectivity index (χ1) is 17.0. The van der Waals surface area contributed by atoms with E-state index in [1.165, 1.54) is 39.9 Å². The molecule has 4 rings (SSSR count). The third-order valence-corrected chi connectivity index (χ3v) is 6.42. The lowest BCUT2D eigenvalue weighted by molar-refractivity contribution is 0.120. The van der Waals surface area contributed by atoms with Gasteiger partial charge in [0.2, 0.25) is 0 Å². The van der Waals surface area contributed by atoms with E-state index in [1.54, 1.807) is 7.11 Å². The zero-order valence-electron chi connectivity index (χ0n) is 22.6. The molecule has 0 amide bonds. The van der Waals surface area contributed by atoms with Gasteiger partial charge in [0.1, 0.15) is 0 Å². The second-order valence-electron chi connectivity index (χ2n) is 8.69. The van der Waals surface area contributed by atoms with Crippen LogP contribution in [0.3, 0.4) is 0 Å². The van der Waals surface area contributed by atoms with Gasteiger partial charge in [-0.05, 0) is 62.3 Å². The van der Waals surface area contributed by atoms with Gasteiger partial charge in [0.25, 0.3) is 0 Å². The number of nitrogens with zero attached hydrogens (tertiary/aromatic N) is 2. The van der Waals surface area contributed by atoms with Crippen molar-refractivity contribution in [3.63, 3.8) is 0 Å². The maximum Gasteiger partial charge on any atom is 0.0813 e. The van der Waals surface area contributed by atoms with Crippen LogP contribution in [0.2, 0.25) is 0 Å². The first-order valence-electron chi connectivity index (χ1n) is 12.8. The van der Waals surface area contributed by atoms with Crippen molar-refractivity contribution in [2.75, 3.05) is 7.11 Å². The van der Waals surface area contributed by atoms with Crippen LogP contribution in [0.5, 0.6) is 0 Å². The summed E-state index contributed by atoms with van der Waals surface area (Å²) in [4.78, 5) is 8.93. The van der Waals surface area contributed by atoms with E-state index in [1.807, 2.05) is 52.1 Å². The van der Waals surface area contributed by atoms with Crippen molar-refractivity contribution in [3.8, 4) is 0 Å². The molecule has 3 nitrogen and oxygen atoms in total. The van der Waals surface area contributed by atoms with Crippen LogP contribution in [-0.4, -0.2) is 17.1 Å². The fourth-order valence-corrected chi connectivity index (χ4v) is 4.28. The van der Waals surface area contributed by atoms with Crippen LogP contribution in [0.1, 0.15) is 81.5 Å². The van der Waals surface area contributed by atoms with E-state index in [-0.39, 0.29) is 6.10 Å². The maximum absolute atomic E-state index is 5.34. The second-order valence-corrected chi connectivity index (χ2v) is 8.69. The van der Waals surface area contributed by atoms with Gasteiger partial charge >= 0.3 is 0 Å². The Morgan fingerprint density at radius 3 is 1.74 bits per heavy atom. The standard InChI is InChI=1S/C17H21N.C13H15NO.C2H6/c1-4-5-6-9-13(2)17-12-18-14(3)15-10-7-8-11-16(15)17;1-9-11-6-4-5-7-12(11)13(8-14-9)10(2)15-3;1-2/h4,7-8,10-13H,1,5-6,9H2,2-3H3;4-8,10H,1-3H3;1-2H3. The largest absolute Gasteiger partial charge is 0.377 e. The Kier molecular flexibility index (Phi) is 11.6. The molecule has 4 aromatic rings. The molecule has 2 heterocycles. The molecule has 35 heavy (non-hydrogen) atoms. The lowest BCUT2D eigenvalue weighted by atomic mass is 9.92. The summed E-state index contributed by atoms with van der Waals surface area (Å²) in [5, 5.41) is 5.08. The van der Waals surface area contributed by atoms with Gasteiger partial charge in [0, 0.05) is 47.2 Å². The molecule has 0 aliphatic rings. The monoisotopic (exact) mass is 470 g/mol. The number of unbranched alkanes of at least 4 members (excludes halogenated alkanes) is 1. The van der Waals surface area contributed by atoms with Gasteiger partial charge in [0.05, 0.1) is 6.10 Å². The Morgan fingerprint density at radius 2 is 1.26 bits per heavy atom. The maximum atomic E-state index is 5.34. The van der Waals surface area contributed by atoms with Crippen molar-refractivity contribution in [2.24, 2.45) is 0 Å². The first-order valence-corrected chi connectivity index (χ1v) is 12.8. The Hall–Kier alpha value is -3.04. The van der Waals surface area contributed by atoms with Crippen molar-refractivity contribution in [1.29, 1.82) is 0 Å². The van der Waals surface area contributed by atoms with Crippen molar-refractivity contribution in [3.05, 3.63) is 96.1 Å². The van der Waals surface area contributed by atoms with E-state index in [4.69, 9.17) is 4.74 Å². The minimum absolute atomic E-state index is 0.0861. The molecular formula is C32H42N2O. The molecule has 2 atom stereocenters. The Labute approximate surface area is 212 Å². The Bertz CT molecular complexity index is 1210. The van der Waals surface area contributed by atoms with Crippen molar-refractivity contribution in [2.45, 2.75) is 72.8 Å². The molecule has 0 fully saturated rings. The molecule has 0 saturated carbocycles. The van der Waals surface area contributed by atoms with Crippen LogP contribution in [0.4, 0.5) is 0 Å². The summed E-state index contributed by atoms with van der Waals surface area (Å²) < 4.78 is 5.34. The summed E-state index contributed by atoms with van der Waals surface area (Å²) in [5.41, 5.74) is 4.71. The van der Waals surface area contributed by atoms with E-state index in [2.05, 4.69) is 73.0 Å². The summed E-state index contributed by atoms with van der Waals surface area (Å²) in [7, 11) is 1.72. The van der Waals surface area contributed by atoms with Crippen molar-refractivity contribution in [1.82, 2.24) is 9.97 Å². The number of allylic oxidation sites excluding steroid dienone is 1. The molecule has 0 saturated heterocycles. The van der Waals surface area contributed by atoms with E-state index < -0.39 is 0 Å². The average Bonchev–Trinajstić information content (AvgIpc) is 2.90. The van der Waals surface area contributed by atoms with Crippen LogP contribution in [0.25, 0.3) is 21.5 Å². The van der Waals surface area contributed by atoms with Gasteiger partial charge in [-0.25, -0.2) is 0 Å². The van der Waals surface area contributed by atoms with Gasteiger partial charge in [0.15, 0.2) is 0 Å². The van der Waals surface area contributed by atoms with Crippen LogP contribution >= 0.6 is 0 Å². The molecular weight excluding hydrogens is 428 g/mol. The van der Waals surface area contributed by atoms with Crippen LogP contribution < -0.4 is 0 Å². The molecule has 0 aliphatic heterocycles. The highest BCUT2D eigenvalue weighted by molar-refractivity contribution is 5.88. The number of methoxy groups -OCH3 is 1. The number of pyridine rings is 2. The molecule has 0 bridgehead atoms. The molecule has 3 heteroatoms. The number of hydrogen-bond acceptors (Lipinski definition) is 3. The summed E-state index contributed by atoms with van der Waals surface area (Å²) in [6, 6.07) is 16.9. The Balaban J connectivity index is 0.000000234. The number of benzene rings is 2. The lowest BCUT2D eigenvalue weighted by Crippen LogP contribution is -1.99. The summed E-state index contributed by atoms with van der Waals surface area (Å²) in [5.74, 6) is 0.558. The number of ether oxygens (including phenoxy) is 1. The molecule has 0 spiro atoms. The fourth-order valence-electron chi connectivity index (χ4n) is 4.28. The Morgan fingerprint density at radius 1 is 0.800 bits per heavy atom. The minimum atomic E-state index is 0.0861. The number of aryl methyl sites for hydroxylation is 2. The summed E-state index contributed by atoms with van der Waals surface area (Å²) in [6.45, 7) is 16.2. The van der Waals surface area contributed by atoms with E-state index in [0.717, 1.165) is 23.4 Å². The topological polar surface area (TPSA) is 35.0 Å². The SMILES string of the molecule is C=CCCCC(C)c1cnc(C)c2ccccc12.CC.COC(C)c1cnc(C)c2ccccc12. The molecule has 2 unspecified atom stereocenters. The highest BCUT2D eigenvalue weighted by Gasteiger charge is 2.11. The van der Waals surface area contributed by atoms with Gasteiger partial charge in [-0.15, -0.1) is 6.58 Å². The number of fused-ring (bicyclic) bond motifs is 2. The number of hydrogen-bond donors (Lipinski definition) is 0. The van der Waals surface area contributed by atoms with Crippen LogP contribution in [-0.2, 0) is 4.74 Å². The van der Waals surface area contributed by atoms with Crippen molar-refractivity contribution < 1.29 is 4.74 Å².